The fraction of sp³-hybridized carbons (Fsp3) is 0.846. The third kappa shape index (κ3) is 4.29. The van der Waals surface area contributed by atoms with Gasteiger partial charge in [0.1, 0.15) is 0 Å². The molecule has 2 N–H and O–H groups in total. The van der Waals surface area contributed by atoms with Gasteiger partial charge in [-0.3, -0.25) is 0 Å². The van der Waals surface area contributed by atoms with Gasteiger partial charge in [0.15, 0.2) is 0 Å². The molecule has 104 valence electrons. The highest BCUT2D eigenvalue weighted by molar-refractivity contribution is 5.17. The first-order valence-electron chi connectivity index (χ1n) is 6.65. The van der Waals surface area contributed by atoms with Crippen molar-refractivity contribution in [1.82, 2.24) is 15.5 Å². The summed E-state index contributed by atoms with van der Waals surface area (Å²) >= 11 is 0. The van der Waals surface area contributed by atoms with Crippen molar-refractivity contribution >= 4 is 6.01 Å². The van der Waals surface area contributed by atoms with Crippen LogP contribution in [0, 0.1) is 11.3 Å². The summed E-state index contributed by atoms with van der Waals surface area (Å²) < 4.78 is 5.57. The fourth-order valence-corrected chi connectivity index (χ4v) is 1.42. The van der Waals surface area contributed by atoms with Crippen molar-refractivity contribution in [2.45, 2.75) is 47.6 Å². The van der Waals surface area contributed by atoms with E-state index in [1.807, 2.05) is 6.92 Å². The molecule has 0 bridgehead atoms. The van der Waals surface area contributed by atoms with Gasteiger partial charge in [-0.25, -0.2) is 0 Å². The van der Waals surface area contributed by atoms with E-state index in [4.69, 9.17) is 4.42 Å². The van der Waals surface area contributed by atoms with E-state index in [9.17, 15) is 0 Å². The maximum absolute atomic E-state index is 5.57. The van der Waals surface area contributed by atoms with E-state index in [0.29, 0.717) is 17.8 Å². The third-order valence-corrected chi connectivity index (χ3v) is 3.36. The number of nitrogens with one attached hydrogen (secondary N) is 2. The molecule has 0 radical (unpaired) electrons. The molecule has 5 nitrogen and oxygen atoms in total. The maximum atomic E-state index is 5.57. The van der Waals surface area contributed by atoms with E-state index < -0.39 is 0 Å². The molecule has 0 aromatic carbocycles. The van der Waals surface area contributed by atoms with Gasteiger partial charge in [-0.2, -0.15) is 0 Å². The van der Waals surface area contributed by atoms with Gasteiger partial charge in [-0.1, -0.05) is 39.7 Å². The van der Waals surface area contributed by atoms with Gasteiger partial charge in [-0.15, -0.1) is 5.10 Å². The van der Waals surface area contributed by atoms with Crippen LogP contribution in [-0.4, -0.2) is 23.3 Å². The average molecular weight is 254 g/mol. The van der Waals surface area contributed by atoms with Crippen LogP contribution in [0.25, 0.3) is 0 Å². The van der Waals surface area contributed by atoms with Gasteiger partial charge >= 0.3 is 6.01 Å². The Morgan fingerprint density at radius 1 is 1.22 bits per heavy atom. The predicted molar refractivity (Wildman–Crippen MR) is 73.5 cm³/mol. The smallest absolute Gasteiger partial charge is 0.315 e. The number of aromatic nitrogens is 2. The zero-order valence-electron chi connectivity index (χ0n) is 12.4. The van der Waals surface area contributed by atoms with Gasteiger partial charge in [0.25, 0.3) is 0 Å². The maximum Gasteiger partial charge on any atom is 0.315 e. The molecule has 0 aliphatic rings. The Balaban J connectivity index is 2.49. The molecule has 5 heteroatoms. The van der Waals surface area contributed by atoms with Crippen molar-refractivity contribution in [1.29, 1.82) is 0 Å². The summed E-state index contributed by atoms with van der Waals surface area (Å²) in [7, 11) is 0. The van der Waals surface area contributed by atoms with E-state index in [2.05, 4.69) is 55.4 Å². The van der Waals surface area contributed by atoms with Gasteiger partial charge in [0.2, 0.25) is 5.89 Å². The second-order valence-electron chi connectivity index (χ2n) is 5.87. The molecule has 1 rings (SSSR count). The highest BCUT2D eigenvalue weighted by Gasteiger charge is 2.20. The lowest BCUT2D eigenvalue weighted by molar-refractivity contribution is 0.273. The van der Waals surface area contributed by atoms with Gasteiger partial charge < -0.3 is 15.1 Å². The molecular formula is C13H26N4O. The molecule has 1 heterocycles. The average Bonchev–Trinajstić information content (AvgIpc) is 2.73. The summed E-state index contributed by atoms with van der Waals surface area (Å²) in [5.74, 6) is 1.15. The summed E-state index contributed by atoms with van der Waals surface area (Å²) in [4.78, 5) is 0. The summed E-state index contributed by atoms with van der Waals surface area (Å²) in [6.45, 7) is 14.7. The molecule has 1 aromatic rings. The standard InChI is InChI=1S/C13H26N4O/c1-7-14-10(3)11-16-17-12(18-11)15-8-9(2)13(4,5)6/h9-10,14H,7-8H2,1-6H3,(H,15,17). The van der Waals surface area contributed by atoms with Gasteiger partial charge in [0.05, 0.1) is 6.04 Å². The largest absolute Gasteiger partial charge is 0.406 e. The predicted octanol–water partition coefficient (Wildman–Crippen LogP) is 2.83. The molecule has 0 saturated carbocycles. The summed E-state index contributed by atoms with van der Waals surface area (Å²) in [6, 6.07) is 0.601. The molecule has 0 aliphatic heterocycles. The number of hydrogen-bond donors (Lipinski definition) is 2. The second kappa shape index (κ2) is 6.18. The van der Waals surface area contributed by atoms with Crippen LogP contribution in [0.1, 0.15) is 53.5 Å². The summed E-state index contributed by atoms with van der Waals surface area (Å²) in [6.07, 6.45) is 0. The Morgan fingerprint density at radius 3 is 2.44 bits per heavy atom. The molecule has 0 spiro atoms. The quantitative estimate of drug-likeness (QED) is 0.817. The van der Waals surface area contributed by atoms with Crippen molar-refractivity contribution in [2.24, 2.45) is 11.3 Å². The monoisotopic (exact) mass is 254 g/mol. The highest BCUT2D eigenvalue weighted by atomic mass is 16.4. The first-order valence-corrected chi connectivity index (χ1v) is 6.65. The molecule has 1 aromatic heterocycles. The lowest BCUT2D eigenvalue weighted by Crippen LogP contribution is -2.24. The van der Waals surface area contributed by atoms with Gasteiger partial charge in [0, 0.05) is 6.54 Å². The first-order chi connectivity index (χ1) is 8.34. The summed E-state index contributed by atoms with van der Waals surface area (Å²) in [5.41, 5.74) is 0.271. The highest BCUT2D eigenvalue weighted by Crippen LogP contribution is 2.25. The van der Waals surface area contributed by atoms with E-state index in [0.717, 1.165) is 13.1 Å². The molecule has 0 aliphatic carbocycles. The third-order valence-electron chi connectivity index (χ3n) is 3.36. The van der Waals surface area contributed by atoms with Crippen molar-refractivity contribution in [3.05, 3.63) is 5.89 Å². The van der Waals surface area contributed by atoms with Crippen LogP contribution in [0.4, 0.5) is 6.01 Å². The Morgan fingerprint density at radius 2 is 1.89 bits per heavy atom. The Labute approximate surface area is 110 Å². The van der Waals surface area contributed by atoms with E-state index in [-0.39, 0.29) is 11.5 Å². The molecule has 0 amide bonds. The lowest BCUT2D eigenvalue weighted by atomic mass is 9.82. The minimum absolute atomic E-state index is 0.0955. The number of nitrogens with zero attached hydrogens (tertiary/aromatic N) is 2. The molecule has 2 unspecified atom stereocenters. The van der Waals surface area contributed by atoms with Crippen molar-refractivity contribution in [2.75, 3.05) is 18.4 Å². The number of rotatable bonds is 6. The van der Waals surface area contributed by atoms with Crippen LogP contribution in [0.5, 0.6) is 0 Å². The number of hydrogen-bond acceptors (Lipinski definition) is 5. The normalized spacial score (nSPS) is 15.4. The topological polar surface area (TPSA) is 63.0 Å². The Kier molecular flexibility index (Phi) is 5.14. The summed E-state index contributed by atoms with van der Waals surface area (Å²) in [5, 5.41) is 14.5. The molecule has 2 atom stereocenters. The minimum atomic E-state index is 0.0955. The zero-order chi connectivity index (χ0) is 13.8. The van der Waals surface area contributed by atoms with Crippen LogP contribution >= 0.6 is 0 Å². The van der Waals surface area contributed by atoms with Crippen LogP contribution < -0.4 is 10.6 Å². The SMILES string of the molecule is CCNC(C)c1nnc(NCC(C)C(C)(C)C)o1. The van der Waals surface area contributed by atoms with Crippen molar-refractivity contribution in [3.63, 3.8) is 0 Å². The first kappa shape index (κ1) is 15.0. The van der Waals surface area contributed by atoms with Crippen molar-refractivity contribution < 1.29 is 4.42 Å². The lowest BCUT2D eigenvalue weighted by Gasteiger charge is -2.26. The minimum Gasteiger partial charge on any atom is -0.406 e. The zero-order valence-corrected chi connectivity index (χ0v) is 12.4. The van der Waals surface area contributed by atoms with E-state index in [1.165, 1.54) is 0 Å². The molecule has 18 heavy (non-hydrogen) atoms. The molecular weight excluding hydrogens is 228 g/mol. The van der Waals surface area contributed by atoms with Crippen LogP contribution in [0.15, 0.2) is 4.42 Å². The van der Waals surface area contributed by atoms with Crippen LogP contribution in [0.2, 0.25) is 0 Å². The van der Waals surface area contributed by atoms with Crippen molar-refractivity contribution in [3.8, 4) is 0 Å². The second-order valence-corrected chi connectivity index (χ2v) is 5.87. The number of anilines is 1. The molecule has 0 fully saturated rings. The van der Waals surface area contributed by atoms with E-state index in [1.54, 1.807) is 0 Å². The van der Waals surface area contributed by atoms with Crippen LogP contribution in [0.3, 0.4) is 0 Å². The van der Waals surface area contributed by atoms with Gasteiger partial charge in [-0.05, 0) is 24.8 Å². The fourth-order valence-electron chi connectivity index (χ4n) is 1.42. The van der Waals surface area contributed by atoms with E-state index >= 15 is 0 Å². The Bertz CT molecular complexity index is 356. The Hall–Kier alpha value is -1.10. The van der Waals surface area contributed by atoms with Crippen LogP contribution in [-0.2, 0) is 0 Å². The molecule has 0 saturated heterocycles.